The average molecular weight is 218 g/mol. The van der Waals surface area contributed by atoms with Gasteiger partial charge in [0, 0.05) is 0 Å². The summed E-state index contributed by atoms with van der Waals surface area (Å²) in [6, 6.07) is 7.55. The molecule has 0 aliphatic heterocycles. The predicted molar refractivity (Wildman–Crippen MR) is 47.4 cm³/mol. The molecule has 2 nitrogen and oxygen atoms in total. The molecule has 0 radical (unpaired) electrons. The number of esters is 1. The van der Waals surface area contributed by atoms with Crippen molar-refractivity contribution in [3.05, 3.63) is 35.9 Å². The second-order valence-corrected chi connectivity index (χ2v) is 2.96. The third kappa shape index (κ3) is 3.27. The van der Waals surface area contributed by atoms with E-state index in [0.717, 1.165) is 6.92 Å². The molecule has 1 rings (SSSR count). The molecule has 15 heavy (non-hydrogen) atoms. The van der Waals surface area contributed by atoms with Crippen LogP contribution in [0.25, 0.3) is 0 Å². The highest BCUT2D eigenvalue weighted by Gasteiger charge is 2.39. The Morgan fingerprint density at radius 3 is 2.27 bits per heavy atom. The highest BCUT2D eigenvalue weighted by molar-refractivity contribution is 5.89. The second kappa shape index (κ2) is 4.33. The van der Waals surface area contributed by atoms with Gasteiger partial charge in [-0.05, 0) is 19.1 Å². The Hall–Kier alpha value is -1.52. The van der Waals surface area contributed by atoms with Crippen LogP contribution in [0.2, 0.25) is 0 Å². The Morgan fingerprint density at radius 1 is 1.27 bits per heavy atom. The fraction of sp³-hybridized carbons (Fsp3) is 0.300. The third-order valence-corrected chi connectivity index (χ3v) is 1.75. The standard InChI is InChI=1S/C10H9F3O2/c1-7(10(11,12)13)15-9(14)8-5-3-2-4-6-8/h2-7H,1H3/t7-/m0/s1. The minimum absolute atomic E-state index is 0.105. The predicted octanol–water partition coefficient (Wildman–Crippen LogP) is 2.79. The molecule has 0 unspecified atom stereocenters. The van der Waals surface area contributed by atoms with E-state index in [2.05, 4.69) is 4.74 Å². The lowest BCUT2D eigenvalue weighted by Crippen LogP contribution is -2.30. The quantitative estimate of drug-likeness (QED) is 0.713. The highest BCUT2D eigenvalue weighted by atomic mass is 19.4. The first-order valence-electron chi connectivity index (χ1n) is 4.24. The maximum Gasteiger partial charge on any atom is 0.425 e. The van der Waals surface area contributed by atoms with E-state index in [9.17, 15) is 18.0 Å². The normalized spacial score (nSPS) is 13.3. The fourth-order valence-electron chi connectivity index (χ4n) is 0.870. The number of benzene rings is 1. The van der Waals surface area contributed by atoms with Gasteiger partial charge in [0.15, 0.2) is 6.10 Å². The van der Waals surface area contributed by atoms with Gasteiger partial charge in [-0.1, -0.05) is 18.2 Å². The summed E-state index contributed by atoms with van der Waals surface area (Å²) in [4.78, 5) is 11.2. The molecular formula is C10H9F3O2. The van der Waals surface area contributed by atoms with E-state index in [1.54, 1.807) is 18.2 Å². The SMILES string of the molecule is C[C@H](OC(=O)c1ccccc1)C(F)(F)F. The summed E-state index contributed by atoms with van der Waals surface area (Å²) in [6.07, 6.45) is -6.62. The monoisotopic (exact) mass is 218 g/mol. The van der Waals surface area contributed by atoms with Gasteiger partial charge in [-0.2, -0.15) is 13.2 Å². The highest BCUT2D eigenvalue weighted by Crippen LogP contribution is 2.23. The summed E-state index contributed by atoms with van der Waals surface area (Å²) in [5, 5.41) is 0. The average Bonchev–Trinajstić information content (AvgIpc) is 2.17. The van der Waals surface area contributed by atoms with Crippen molar-refractivity contribution in [3.8, 4) is 0 Å². The molecule has 0 bridgehead atoms. The third-order valence-electron chi connectivity index (χ3n) is 1.75. The fourth-order valence-corrected chi connectivity index (χ4v) is 0.870. The summed E-state index contributed by atoms with van der Waals surface area (Å²) >= 11 is 0. The zero-order valence-electron chi connectivity index (χ0n) is 7.91. The molecule has 1 atom stereocenters. The second-order valence-electron chi connectivity index (χ2n) is 2.96. The molecule has 0 fully saturated rings. The number of carbonyl (C=O) groups is 1. The molecule has 0 aromatic heterocycles. The molecule has 1 aromatic rings. The van der Waals surface area contributed by atoms with Gasteiger partial charge in [-0.25, -0.2) is 4.79 Å². The molecule has 0 saturated carbocycles. The van der Waals surface area contributed by atoms with Gasteiger partial charge in [-0.15, -0.1) is 0 Å². The van der Waals surface area contributed by atoms with Gasteiger partial charge >= 0.3 is 12.1 Å². The van der Waals surface area contributed by atoms with Crippen molar-refractivity contribution in [2.24, 2.45) is 0 Å². The topological polar surface area (TPSA) is 26.3 Å². The summed E-state index contributed by atoms with van der Waals surface area (Å²) in [5.74, 6) is -0.972. The first kappa shape index (κ1) is 11.6. The van der Waals surface area contributed by atoms with Crippen LogP contribution in [-0.4, -0.2) is 18.2 Å². The van der Waals surface area contributed by atoms with Crippen molar-refractivity contribution in [3.63, 3.8) is 0 Å². The maximum atomic E-state index is 12.0. The van der Waals surface area contributed by atoms with E-state index in [4.69, 9.17) is 0 Å². The number of rotatable bonds is 2. The first-order valence-corrected chi connectivity index (χ1v) is 4.24. The lowest BCUT2D eigenvalue weighted by molar-refractivity contribution is -0.198. The van der Waals surface area contributed by atoms with Crippen molar-refractivity contribution >= 4 is 5.97 Å². The van der Waals surface area contributed by atoms with Crippen LogP contribution in [0.5, 0.6) is 0 Å². The number of ether oxygens (including phenoxy) is 1. The number of halogens is 3. The first-order chi connectivity index (χ1) is 6.91. The van der Waals surface area contributed by atoms with Crippen molar-refractivity contribution in [2.45, 2.75) is 19.2 Å². The Morgan fingerprint density at radius 2 is 1.80 bits per heavy atom. The van der Waals surface area contributed by atoms with Gasteiger partial charge in [0.1, 0.15) is 0 Å². The van der Waals surface area contributed by atoms with E-state index in [0.29, 0.717) is 0 Å². The lowest BCUT2D eigenvalue weighted by atomic mass is 10.2. The van der Waals surface area contributed by atoms with Gasteiger partial charge in [0.05, 0.1) is 5.56 Å². The van der Waals surface area contributed by atoms with Crippen LogP contribution in [0.15, 0.2) is 30.3 Å². The Kier molecular flexibility index (Phi) is 3.34. The summed E-state index contributed by atoms with van der Waals surface area (Å²) < 4.78 is 40.4. The van der Waals surface area contributed by atoms with Gasteiger partial charge in [-0.3, -0.25) is 0 Å². The molecule has 0 spiro atoms. The van der Waals surface area contributed by atoms with Crippen LogP contribution in [0.3, 0.4) is 0 Å². The number of hydrogen-bond acceptors (Lipinski definition) is 2. The molecule has 1 aromatic carbocycles. The zero-order chi connectivity index (χ0) is 11.5. The molecule has 0 aliphatic rings. The van der Waals surface area contributed by atoms with Gasteiger partial charge in [0.25, 0.3) is 0 Å². The van der Waals surface area contributed by atoms with Crippen LogP contribution in [-0.2, 0) is 4.74 Å². The molecule has 82 valence electrons. The van der Waals surface area contributed by atoms with E-state index < -0.39 is 18.2 Å². The number of carbonyl (C=O) groups excluding carboxylic acids is 1. The van der Waals surface area contributed by atoms with E-state index in [1.807, 2.05) is 0 Å². The van der Waals surface area contributed by atoms with Crippen molar-refractivity contribution < 1.29 is 22.7 Å². The zero-order valence-corrected chi connectivity index (χ0v) is 7.91. The Labute approximate surface area is 84.7 Å². The number of alkyl halides is 3. The van der Waals surface area contributed by atoms with Gasteiger partial charge in [0.2, 0.25) is 0 Å². The van der Waals surface area contributed by atoms with E-state index in [-0.39, 0.29) is 5.56 Å². The molecular weight excluding hydrogens is 209 g/mol. The molecule has 0 amide bonds. The molecule has 0 heterocycles. The molecule has 5 heteroatoms. The lowest BCUT2D eigenvalue weighted by Gasteiger charge is -2.16. The molecule has 0 aliphatic carbocycles. The Bertz CT molecular complexity index is 332. The van der Waals surface area contributed by atoms with Crippen molar-refractivity contribution in [2.75, 3.05) is 0 Å². The van der Waals surface area contributed by atoms with Crippen LogP contribution >= 0.6 is 0 Å². The van der Waals surface area contributed by atoms with Crippen LogP contribution < -0.4 is 0 Å². The largest absolute Gasteiger partial charge is 0.449 e. The Balaban J connectivity index is 2.65. The summed E-state index contributed by atoms with van der Waals surface area (Å²) in [5.41, 5.74) is 0.105. The smallest absolute Gasteiger partial charge is 0.425 e. The maximum absolute atomic E-state index is 12.0. The number of hydrogen-bond donors (Lipinski definition) is 0. The van der Waals surface area contributed by atoms with Crippen LogP contribution in [0.1, 0.15) is 17.3 Å². The molecule has 0 saturated heterocycles. The van der Waals surface area contributed by atoms with E-state index in [1.165, 1.54) is 12.1 Å². The van der Waals surface area contributed by atoms with Crippen LogP contribution in [0, 0.1) is 0 Å². The minimum atomic E-state index is -4.52. The van der Waals surface area contributed by atoms with Crippen LogP contribution in [0.4, 0.5) is 13.2 Å². The van der Waals surface area contributed by atoms with Crippen molar-refractivity contribution in [1.29, 1.82) is 0 Å². The van der Waals surface area contributed by atoms with E-state index >= 15 is 0 Å². The van der Waals surface area contributed by atoms with Gasteiger partial charge < -0.3 is 4.74 Å². The molecule has 0 N–H and O–H groups in total. The minimum Gasteiger partial charge on any atom is -0.449 e. The summed E-state index contributed by atoms with van der Waals surface area (Å²) in [6.45, 7) is 0.792. The summed E-state index contributed by atoms with van der Waals surface area (Å²) in [7, 11) is 0. The van der Waals surface area contributed by atoms with Crippen molar-refractivity contribution in [1.82, 2.24) is 0 Å².